The predicted molar refractivity (Wildman–Crippen MR) is 65.5 cm³/mol. The third-order valence-corrected chi connectivity index (χ3v) is 2.84. The Balaban J connectivity index is 2.70. The zero-order valence-corrected chi connectivity index (χ0v) is 10.6. The van der Waals surface area contributed by atoms with Crippen LogP contribution in [0.1, 0.15) is 19.4 Å². The van der Waals surface area contributed by atoms with E-state index in [2.05, 4.69) is 18.7 Å². The van der Waals surface area contributed by atoms with Gasteiger partial charge in [-0.1, -0.05) is 13.0 Å². The predicted octanol–water partition coefficient (Wildman–Crippen LogP) is 2.39. The number of aromatic hydroxyl groups is 1. The molecule has 1 N–H and O–H groups in total. The summed E-state index contributed by atoms with van der Waals surface area (Å²) in [5.41, 5.74) is 0.852. The second-order valence-corrected chi connectivity index (χ2v) is 4.15. The van der Waals surface area contributed by atoms with Gasteiger partial charge < -0.3 is 9.84 Å². The summed E-state index contributed by atoms with van der Waals surface area (Å²) in [5, 5.41) is 9.12. The summed E-state index contributed by atoms with van der Waals surface area (Å²) in [5.74, 6) is -0.875. The smallest absolute Gasteiger partial charge is 0.165 e. The molecule has 4 heteroatoms. The maximum atomic E-state index is 13.2. The van der Waals surface area contributed by atoms with Crippen molar-refractivity contribution in [2.75, 3.05) is 20.3 Å². The Kier molecular flexibility index (Phi) is 5.38. The Morgan fingerprint density at radius 3 is 2.71 bits per heavy atom. The zero-order chi connectivity index (χ0) is 12.8. The first-order valence-electron chi connectivity index (χ1n) is 5.78. The highest BCUT2D eigenvalue weighted by atomic mass is 19.1. The van der Waals surface area contributed by atoms with E-state index in [9.17, 15) is 4.39 Å². The lowest BCUT2D eigenvalue weighted by atomic mass is 10.1. The molecule has 17 heavy (non-hydrogen) atoms. The average molecular weight is 241 g/mol. The van der Waals surface area contributed by atoms with Crippen molar-refractivity contribution in [2.45, 2.75) is 26.4 Å². The van der Waals surface area contributed by atoms with E-state index in [1.54, 1.807) is 13.2 Å². The molecule has 0 aromatic heterocycles. The number of ether oxygens (including phenoxy) is 1. The summed E-state index contributed by atoms with van der Waals surface area (Å²) in [6.45, 7) is 6.30. The quantitative estimate of drug-likeness (QED) is 0.830. The molecular formula is C13H20FNO2. The minimum absolute atomic E-state index is 0.280. The van der Waals surface area contributed by atoms with Gasteiger partial charge >= 0.3 is 0 Å². The van der Waals surface area contributed by atoms with Gasteiger partial charge in [0.2, 0.25) is 0 Å². The van der Waals surface area contributed by atoms with Crippen molar-refractivity contribution in [2.24, 2.45) is 0 Å². The molecule has 0 bridgehead atoms. The van der Waals surface area contributed by atoms with Crippen LogP contribution in [0.5, 0.6) is 5.75 Å². The molecule has 1 aromatic rings. The molecule has 1 rings (SSSR count). The van der Waals surface area contributed by atoms with Gasteiger partial charge in [-0.3, -0.25) is 4.90 Å². The van der Waals surface area contributed by atoms with Crippen LogP contribution < -0.4 is 0 Å². The molecule has 1 unspecified atom stereocenters. The number of hydrogen-bond acceptors (Lipinski definition) is 3. The van der Waals surface area contributed by atoms with E-state index in [0.717, 1.165) is 12.1 Å². The topological polar surface area (TPSA) is 32.7 Å². The van der Waals surface area contributed by atoms with Gasteiger partial charge in [0, 0.05) is 19.7 Å². The zero-order valence-electron chi connectivity index (χ0n) is 10.6. The molecule has 96 valence electrons. The molecule has 0 saturated carbocycles. The lowest BCUT2D eigenvalue weighted by molar-refractivity contribution is 0.0981. The van der Waals surface area contributed by atoms with Crippen LogP contribution in [-0.2, 0) is 11.3 Å². The second kappa shape index (κ2) is 6.57. The molecular weight excluding hydrogens is 221 g/mol. The summed E-state index contributed by atoms with van der Waals surface area (Å²) in [4.78, 5) is 2.19. The number of benzene rings is 1. The van der Waals surface area contributed by atoms with Crippen LogP contribution in [0.2, 0.25) is 0 Å². The Bertz CT molecular complexity index is 357. The minimum Gasteiger partial charge on any atom is -0.505 e. The normalized spacial score (nSPS) is 13.0. The fourth-order valence-corrected chi connectivity index (χ4v) is 1.81. The molecule has 0 aliphatic rings. The van der Waals surface area contributed by atoms with E-state index in [1.165, 1.54) is 12.1 Å². The van der Waals surface area contributed by atoms with Crippen LogP contribution >= 0.6 is 0 Å². The first kappa shape index (κ1) is 13.9. The summed E-state index contributed by atoms with van der Waals surface area (Å²) in [7, 11) is 1.67. The van der Waals surface area contributed by atoms with Gasteiger partial charge in [0.15, 0.2) is 11.6 Å². The Labute approximate surface area is 102 Å². The maximum Gasteiger partial charge on any atom is 0.165 e. The highest BCUT2D eigenvalue weighted by Gasteiger charge is 2.13. The summed E-state index contributed by atoms with van der Waals surface area (Å²) in [6, 6.07) is 4.78. The Morgan fingerprint density at radius 2 is 2.18 bits per heavy atom. The summed E-state index contributed by atoms with van der Waals surface area (Å²) < 4.78 is 18.3. The molecule has 0 aliphatic heterocycles. The van der Waals surface area contributed by atoms with Crippen molar-refractivity contribution in [1.29, 1.82) is 0 Å². The number of methoxy groups -OCH3 is 1. The van der Waals surface area contributed by atoms with Gasteiger partial charge in [-0.05, 0) is 31.2 Å². The Hall–Kier alpha value is -1.13. The van der Waals surface area contributed by atoms with Gasteiger partial charge in [-0.25, -0.2) is 4.39 Å². The molecule has 1 aromatic carbocycles. The van der Waals surface area contributed by atoms with Crippen molar-refractivity contribution in [3.63, 3.8) is 0 Å². The van der Waals surface area contributed by atoms with Gasteiger partial charge in [0.25, 0.3) is 0 Å². The molecule has 0 aliphatic carbocycles. The SMILES string of the molecule is CCN(Cc1ccc(O)c(F)c1)C(C)COC. The number of likely N-dealkylation sites (N-methyl/N-ethyl adjacent to an activating group) is 1. The second-order valence-electron chi connectivity index (χ2n) is 4.15. The number of hydrogen-bond donors (Lipinski definition) is 1. The fourth-order valence-electron chi connectivity index (χ4n) is 1.81. The summed E-state index contributed by atoms with van der Waals surface area (Å²) >= 11 is 0. The standard InChI is InChI=1S/C13H20FNO2/c1-4-15(10(2)9-17-3)8-11-5-6-13(16)12(14)7-11/h5-7,10,16H,4,8-9H2,1-3H3. The highest BCUT2D eigenvalue weighted by molar-refractivity contribution is 5.27. The number of phenols is 1. The van der Waals surface area contributed by atoms with Crippen LogP contribution in [0.25, 0.3) is 0 Å². The highest BCUT2D eigenvalue weighted by Crippen LogP contribution is 2.18. The van der Waals surface area contributed by atoms with Gasteiger partial charge in [-0.2, -0.15) is 0 Å². The maximum absolute atomic E-state index is 13.2. The third-order valence-electron chi connectivity index (χ3n) is 2.84. The monoisotopic (exact) mass is 241 g/mol. The van der Waals surface area contributed by atoms with Crippen molar-refractivity contribution < 1.29 is 14.2 Å². The Morgan fingerprint density at radius 1 is 1.47 bits per heavy atom. The molecule has 3 nitrogen and oxygen atoms in total. The third kappa shape index (κ3) is 3.98. The van der Waals surface area contributed by atoms with Crippen LogP contribution in [0.3, 0.4) is 0 Å². The fraction of sp³-hybridized carbons (Fsp3) is 0.538. The molecule has 0 radical (unpaired) electrons. The first-order valence-corrected chi connectivity index (χ1v) is 5.78. The molecule has 0 heterocycles. The minimum atomic E-state index is -0.571. The summed E-state index contributed by atoms with van der Waals surface area (Å²) in [6.07, 6.45) is 0. The molecule has 0 saturated heterocycles. The molecule has 1 atom stereocenters. The van der Waals surface area contributed by atoms with E-state index in [1.807, 2.05) is 0 Å². The number of nitrogens with zero attached hydrogens (tertiary/aromatic N) is 1. The molecule has 0 spiro atoms. The van der Waals surface area contributed by atoms with Crippen molar-refractivity contribution >= 4 is 0 Å². The average Bonchev–Trinajstić information content (AvgIpc) is 2.30. The first-order chi connectivity index (χ1) is 8.08. The van der Waals surface area contributed by atoms with Crippen LogP contribution in [-0.4, -0.2) is 36.3 Å². The van der Waals surface area contributed by atoms with Crippen LogP contribution in [0.4, 0.5) is 4.39 Å². The van der Waals surface area contributed by atoms with Crippen molar-refractivity contribution in [1.82, 2.24) is 4.90 Å². The number of rotatable bonds is 6. The van der Waals surface area contributed by atoms with Gasteiger partial charge in [0.1, 0.15) is 0 Å². The van der Waals surface area contributed by atoms with E-state index in [0.29, 0.717) is 13.2 Å². The number of phenolic OH excluding ortho intramolecular Hbond substituents is 1. The lowest BCUT2D eigenvalue weighted by Crippen LogP contribution is -2.35. The van der Waals surface area contributed by atoms with Crippen molar-refractivity contribution in [3.8, 4) is 5.75 Å². The van der Waals surface area contributed by atoms with Crippen molar-refractivity contribution in [3.05, 3.63) is 29.6 Å². The van der Waals surface area contributed by atoms with Crippen LogP contribution in [0, 0.1) is 5.82 Å². The lowest BCUT2D eigenvalue weighted by Gasteiger charge is -2.27. The van der Waals surface area contributed by atoms with Gasteiger partial charge in [0.05, 0.1) is 6.61 Å². The number of halogens is 1. The van der Waals surface area contributed by atoms with E-state index < -0.39 is 5.82 Å². The van der Waals surface area contributed by atoms with E-state index in [4.69, 9.17) is 9.84 Å². The van der Waals surface area contributed by atoms with E-state index >= 15 is 0 Å². The molecule has 0 fully saturated rings. The van der Waals surface area contributed by atoms with E-state index in [-0.39, 0.29) is 11.8 Å². The van der Waals surface area contributed by atoms with Crippen LogP contribution in [0.15, 0.2) is 18.2 Å². The molecule has 0 amide bonds. The van der Waals surface area contributed by atoms with Gasteiger partial charge in [-0.15, -0.1) is 0 Å². The largest absolute Gasteiger partial charge is 0.505 e.